The molecular formula is C5H10N3+. The van der Waals surface area contributed by atoms with Gasteiger partial charge in [0.15, 0.2) is 6.34 Å². The summed E-state index contributed by atoms with van der Waals surface area (Å²) < 4.78 is 1.99. The van der Waals surface area contributed by atoms with Gasteiger partial charge in [0, 0.05) is 0 Å². The van der Waals surface area contributed by atoms with Crippen molar-refractivity contribution in [2.45, 2.75) is 6.92 Å². The molecule has 0 aromatic rings. The lowest BCUT2D eigenvalue weighted by Gasteiger charge is -1.98. The van der Waals surface area contributed by atoms with Crippen LogP contribution >= 0.6 is 0 Å². The predicted octanol–water partition coefficient (Wildman–Crippen LogP) is -0.364. The largest absolute Gasteiger partial charge is 0.279 e. The molecule has 0 aliphatic carbocycles. The van der Waals surface area contributed by atoms with Crippen molar-refractivity contribution >= 4 is 12.7 Å². The molecule has 8 heavy (non-hydrogen) atoms. The van der Waals surface area contributed by atoms with E-state index in [9.17, 15) is 0 Å². The highest BCUT2D eigenvalue weighted by molar-refractivity contribution is 5.59. The summed E-state index contributed by atoms with van der Waals surface area (Å²) in [6, 6.07) is 0. The van der Waals surface area contributed by atoms with Crippen molar-refractivity contribution in [2.24, 2.45) is 4.99 Å². The molecule has 0 aromatic heterocycles. The number of nitrogens with zero attached hydrogens (tertiary/aromatic N) is 2. The monoisotopic (exact) mass is 112 g/mol. The zero-order valence-corrected chi connectivity index (χ0v) is 4.96. The molecule has 1 aliphatic heterocycles. The maximum Gasteiger partial charge on any atom is 0.223 e. The van der Waals surface area contributed by atoms with Crippen LogP contribution in [-0.2, 0) is 0 Å². The second-order valence-electron chi connectivity index (χ2n) is 1.62. The lowest BCUT2D eigenvalue weighted by atomic mass is 10.7. The minimum atomic E-state index is 0.719. The lowest BCUT2D eigenvalue weighted by molar-refractivity contribution is -0.392. The Hall–Kier alpha value is -0.860. The van der Waals surface area contributed by atoms with Crippen LogP contribution in [0.1, 0.15) is 6.92 Å². The molecule has 0 spiro atoms. The molecule has 44 valence electrons. The Morgan fingerprint density at radius 3 is 3.12 bits per heavy atom. The van der Waals surface area contributed by atoms with Crippen LogP contribution in [-0.4, -0.2) is 30.5 Å². The third kappa shape index (κ3) is 1.05. The van der Waals surface area contributed by atoms with Gasteiger partial charge >= 0.3 is 0 Å². The lowest BCUT2D eigenvalue weighted by Crippen LogP contribution is -2.26. The van der Waals surface area contributed by atoms with E-state index in [-0.39, 0.29) is 0 Å². The Labute approximate surface area is 48.7 Å². The predicted molar refractivity (Wildman–Crippen MR) is 33.4 cm³/mol. The number of hydrogen-bond donors (Lipinski definition) is 1. The summed E-state index contributed by atoms with van der Waals surface area (Å²) in [5, 5.41) is 2.99. The first-order valence-corrected chi connectivity index (χ1v) is 2.76. The van der Waals surface area contributed by atoms with Crippen molar-refractivity contribution in [3.8, 4) is 0 Å². The van der Waals surface area contributed by atoms with Gasteiger partial charge < -0.3 is 0 Å². The van der Waals surface area contributed by atoms with Crippen molar-refractivity contribution < 1.29 is 4.58 Å². The summed E-state index contributed by atoms with van der Waals surface area (Å²) in [5.41, 5.74) is 0. The molecule has 1 rings (SSSR count). The Bertz CT molecular complexity index is 126. The van der Waals surface area contributed by atoms with Crippen molar-refractivity contribution in [1.29, 1.82) is 0 Å². The third-order valence-corrected chi connectivity index (χ3v) is 1.03. The summed E-state index contributed by atoms with van der Waals surface area (Å²) in [7, 11) is 0. The van der Waals surface area contributed by atoms with E-state index >= 15 is 0 Å². The Morgan fingerprint density at radius 2 is 2.75 bits per heavy atom. The van der Waals surface area contributed by atoms with E-state index in [0.29, 0.717) is 0 Å². The first-order chi connectivity index (χ1) is 3.93. The minimum Gasteiger partial charge on any atom is -0.279 e. The van der Waals surface area contributed by atoms with E-state index in [1.54, 1.807) is 0 Å². The Balaban J connectivity index is 2.51. The summed E-state index contributed by atoms with van der Waals surface area (Å²) in [6.07, 6.45) is 3.75. The van der Waals surface area contributed by atoms with Gasteiger partial charge in [-0.15, -0.1) is 4.99 Å². The van der Waals surface area contributed by atoms with E-state index < -0.39 is 0 Å². The summed E-state index contributed by atoms with van der Waals surface area (Å²) >= 11 is 0. The second kappa shape index (κ2) is 2.45. The molecule has 0 amide bonds. The number of rotatable bonds is 1. The smallest absolute Gasteiger partial charge is 0.223 e. The van der Waals surface area contributed by atoms with Crippen LogP contribution in [0.4, 0.5) is 0 Å². The molecule has 1 heterocycles. The Morgan fingerprint density at radius 1 is 1.88 bits per heavy atom. The molecule has 0 atom stereocenters. The van der Waals surface area contributed by atoms with Gasteiger partial charge in [-0.1, -0.05) is 0 Å². The van der Waals surface area contributed by atoms with Crippen molar-refractivity contribution in [3.63, 3.8) is 0 Å². The molecule has 0 saturated carbocycles. The third-order valence-electron chi connectivity index (χ3n) is 1.03. The van der Waals surface area contributed by atoms with E-state index in [4.69, 9.17) is 0 Å². The van der Waals surface area contributed by atoms with Gasteiger partial charge in [-0.2, -0.15) is 0 Å². The van der Waals surface area contributed by atoms with E-state index in [2.05, 4.69) is 17.2 Å². The quantitative estimate of drug-likeness (QED) is 0.461. The highest BCUT2D eigenvalue weighted by atomic mass is 15.2. The second-order valence-corrected chi connectivity index (χ2v) is 1.62. The average molecular weight is 112 g/mol. The first-order valence-electron chi connectivity index (χ1n) is 2.76. The molecule has 3 heteroatoms. The van der Waals surface area contributed by atoms with Gasteiger partial charge in [-0.05, 0) is 6.92 Å². The fourth-order valence-corrected chi connectivity index (χ4v) is 0.563. The Kier molecular flexibility index (Phi) is 1.62. The molecule has 0 unspecified atom stereocenters. The molecule has 0 bridgehead atoms. The van der Waals surface area contributed by atoms with Crippen molar-refractivity contribution in [2.75, 3.05) is 13.2 Å². The minimum absolute atomic E-state index is 0.719. The van der Waals surface area contributed by atoms with Crippen LogP contribution in [0.5, 0.6) is 0 Å². The first kappa shape index (κ1) is 5.28. The maximum atomic E-state index is 3.99. The highest BCUT2D eigenvalue weighted by Crippen LogP contribution is 1.72. The van der Waals surface area contributed by atoms with Gasteiger partial charge in [-0.3, -0.25) is 5.32 Å². The average Bonchev–Trinajstić information content (AvgIpc) is 1.90. The van der Waals surface area contributed by atoms with E-state index in [0.717, 1.165) is 13.2 Å². The zero-order chi connectivity index (χ0) is 5.82. The maximum absolute atomic E-state index is 3.99. The molecule has 0 aromatic carbocycles. The number of nitrogens with one attached hydrogen (secondary N) is 1. The molecule has 1 N–H and O–H groups in total. The summed E-state index contributed by atoms with van der Waals surface area (Å²) in [5.74, 6) is 0. The fourth-order valence-electron chi connectivity index (χ4n) is 0.563. The topological polar surface area (TPSA) is 27.4 Å². The summed E-state index contributed by atoms with van der Waals surface area (Å²) in [4.78, 5) is 3.99. The zero-order valence-electron chi connectivity index (χ0n) is 4.96. The number of aliphatic imine (C=N–C) groups is 1. The van der Waals surface area contributed by atoms with E-state index in [1.807, 2.05) is 17.3 Å². The molecule has 0 radical (unpaired) electrons. The highest BCUT2D eigenvalue weighted by Gasteiger charge is 1.95. The van der Waals surface area contributed by atoms with Crippen LogP contribution in [0, 0.1) is 0 Å². The van der Waals surface area contributed by atoms with Crippen LogP contribution in [0.15, 0.2) is 4.99 Å². The molecule has 0 saturated heterocycles. The van der Waals surface area contributed by atoms with Crippen LogP contribution < -0.4 is 5.32 Å². The van der Waals surface area contributed by atoms with Crippen LogP contribution in [0.2, 0.25) is 0 Å². The van der Waals surface area contributed by atoms with Gasteiger partial charge in [0.1, 0.15) is 0 Å². The summed E-state index contributed by atoms with van der Waals surface area (Å²) in [6.45, 7) is 3.78. The van der Waals surface area contributed by atoms with Crippen LogP contribution in [0.3, 0.4) is 0 Å². The van der Waals surface area contributed by atoms with Gasteiger partial charge in [-0.25, -0.2) is 4.58 Å². The van der Waals surface area contributed by atoms with Gasteiger partial charge in [0.05, 0.1) is 6.54 Å². The molecule has 1 aliphatic rings. The molecule has 3 nitrogen and oxygen atoms in total. The van der Waals surface area contributed by atoms with Gasteiger partial charge in [0.25, 0.3) is 0 Å². The fraction of sp³-hybridized carbons (Fsp3) is 0.600. The van der Waals surface area contributed by atoms with E-state index in [1.165, 1.54) is 0 Å². The van der Waals surface area contributed by atoms with Crippen molar-refractivity contribution in [1.82, 2.24) is 5.32 Å². The molecular weight excluding hydrogens is 102 g/mol. The van der Waals surface area contributed by atoms with Gasteiger partial charge in [0.2, 0.25) is 13.0 Å². The van der Waals surface area contributed by atoms with Crippen LogP contribution in [0.25, 0.3) is 0 Å². The SMILES string of the molecule is CC[N+]1=CNCN=C1. The normalized spacial score (nSPS) is 17.4. The molecule has 0 fully saturated rings. The standard InChI is InChI=1S/C5H9N3/c1-2-8-4-6-3-7-5-8/h4-5H,2-3H2,1H3/p+1. The van der Waals surface area contributed by atoms with Crippen molar-refractivity contribution in [3.05, 3.63) is 0 Å². The number of hydrogen-bond acceptors (Lipinski definition) is 2.